The molecule has 1 aliphatic heterocycles. The van der Waals surface area contributed by atoms with E-state index >= 15 is 0 Å². The minimum absolute atomic E-state index is 0.138. The average Bonchev–Trinajstić information content (AvgIpc) is 3.42. The van der Waals surface area contributed by atoms with Crippen molar-refractivity contribution in [2.45, 2.75) is 44.6 Å². The summed E-state index contributed by atoms with van der Waals surface area (Å²) in [5, 5.41) is 6.55. The first-order valence-electron chi connectivity index (χ1n) is 10.5. The number of furan rings is 1. The predicted octanol–water partition coefficient (Wildman–Crippen LogP) is 3.33. The molecule has 2 aromatic rings. The standard InChI is InChI=1S/C21H30N4O2S/c26-20(19-7-4-14-27-19)22-8-9-24-10-12-25(13-11-24)15-18-16-28-21(23-18)17-5-2-1-3-6-17/h4,7,14,16-17H,1-3,5-6,8-13,15H2,(H,22,26). The number of nitrogens with zero attached hydrogens (tertiary/aromatic N) is 3. The lowest BCUT2D eigenvalue weighted by atomic mass is 9.90. The molecule has 6 nitrogen and oxygen atoms in total. The zero-order valence-corrected chi connectivity index (χ0v) is 17.3. The highest BCUT2D eigenvalue weighted by molar-refractivity contribution is 7.09. The minimum atomic E-state index is -0.138. The summed E-state index contributed by atoms with van der Waals surface area (Å²) < 4.78 is 5.11. The van der Waals surface area contributed by atoms with Gasteiger partial charge in [-0.05, 0) is 25.0 Å². The summed E-state index contributed by atoms with van der Waals surface area (Å²) in [5.74, 6) is 0.947. The molecule has 0 aromatic carbocycles. The maximum absolute atomic E-state index is 11.9. The second-order valence-corrected chi connectivity index (χ2v) is 8.75. The van der Waals surface area contributed by atoms with Crippen LogP contribution in [0.3, 0.4) is 0 Å². The highest BCUT2D eigenvalue weighted by atomic mass is 32.1. The summed E-state index contributed by atoms with van der Waals surface area (Å²) in [6, 6.07) is 3.42. The number of rotatable bonds is 7. The number of amides is 1. The van der Waals surface area contributed by atoms with Crippen LogP contribution in [0.25, 0.3) is 0 Å². The Bertz CT molecular complexity index is 731. The van der Waals surface area contributed by atoms with Gasteiger partial charge in [-0.15, -0.1) is 11.3 Å². The van der Waals surface area contributed by atoms with Gasteiger partial charge in [0.25, 0.3) is 5.91 Å². The normalized spacial score (nSPS) is 19.7. The Hall–Kier alpha value is -1.70. The fourth-order valence-electron chi connectivity index (χ4n) is 4.15. The van der Waals surface area contributed by atoms with E-state index in [4.69, 9.17) is 9.40 Å². The molecule has 0 atom stereocenters. The second kappa shape index (κ2) is 9.67. The lowest BCUT2D eigenvalue weighted by Gasteiger charge is -2.34. The topological polar surface area (TPSA) is 61.6 Å². The van der Waals surface area contributed by atoms with Crippen LogP contribution in [0.4, 0.5) is 0 Å². The van der Waals surface area contributed by atoms with E-state index in [0.29, 0.717) is 18.2 Å². The van der Waals surface area contributed by atoms with Crippen molar-refractivity contribution in [2.24, 2.45) is 0 Å². The predicted molar refractivity (Wildman–Crippen MR) is 111 cm³/mol. The molecule has 1 saturated carbocycles. The summed E-state index contributed by atoms with van der Waals surface area (Å²) >= 11 is 1.86. The number of thiazole rings is 1. The number of carbonyl (C=O) groups excluding carboxylic acids is 1. The number of hydrogen-bond donors (Lipinski definition) is 1. The summed E-state index contributed by atoms with van der Waals surface area (Å²) in [7, 11) is 0. The van der Waals surface area contributed by atoms with E-state index in [1.54, 1.807) is 12.1 Å². The molecule has 2 fully saturated rings. The van der Waals surface area contributed by atoms with Crippen LogP contribution in [-0.2, 0) is 6.54 Å². The molecule has 1 N–H and O–H groups in total. The largest absolute Gasteiger partial charge is 0.459 e. The summed E-state index contributed by atoms with van der Waals surface area (Å²) in [6.45, 7) is 6.68. The summed E-state index contributed by atoms with van der Waals surface area (Å²) in [5.41, 5.74) is 1.24. The van der Waals surface area contributed by atoms with Crippen LogP contribution in [-0.4, -0.2) is 60.0 Å². The van der Waals surface area contributed by atoms with E-state index in [2.05, 4.69) is 20.5 Å². The molecule has 3 heterocycles. The Kier molecular flexibility index (Phi) is 6.77. The third-order valence-corrected chi connectivity index (χ3v) is 6.89. The van der Waals surface area contributed by atoms with E-state index in [1.165, 1.54) is 49.1 Å². The molecule has 1 amide bonds. The fourth-order valence-corrected chi connectivity index (χ4v) is 5.14. The van der Waals surface area contributed by atoms with Gasteiger partial charge in [0.15, 0.2) is 5.76 Å². The SMILES string of the molecule is O=C(NCCN1CCN(Cc2csc(C3CCCCC3)n2)CC1)c1ccco1. The first kappa shape index (κ1) is 19.6. The van der Waals surface area contributed by atoms with Crippen LogP contribution < -0.4 is 5.32 Å². The molecule has 0 unspecified atom stereocenters. The number of aromatic nitrogens is 1. The Morgan fingerprint density at radius 1 is 1.18 bits per heavy atom. The maximum Gasteiger partial charge on any atom is 0.287 e. The van der Waals surface area contributed by atoms with Crippen molar-refractivity contribution in [1.82, 2.24) is 20.1 Å². The fraction of sp³-hybridized carbons (Fsp3) is 0.619. The third kappa shape index (κ3) is 5.21. The number of hydrogen-bond acceptors (Lipinski definition) is 6. The first-order valence-corrected chi connectivity index (χ1v) is 11.4. The molecular weight excluding hydrogens is 372 g/mol. The molecule has 0 radical (unpaired) electrons. The third-order valence-electron chi connectivity index (χ3n) is 5.83. The highest BCUT2D eigenvalue weighted by Crippen LogP contribution is 2.34. The quantitative estimate of drug-likeness (QED) is 0.770. The average molecular weight is 403 g/mol. The van der Waals surface area contributed by atoms with Crippen molar-refractivity contribution in [3.05, 3.63) is 40.2 Å². The Morgan fingerprint density at radius 3 is 2.71 bits per heavy atom. The van der Waals surface area contributed by atoms with Crippen LogP contribution >= 0.6 is 11.3 Å². The van der Waals surface area contributed by atoms with Crippen LogP contribution in [0.15, 0.2) is 28.2 Å². The maximum atomic E-state index is 11.9. The van der Waals surface area contributed by atoms with Gasteiger partial charge in [-0.25, -0.2) is 4.98 Å². The van der Waals surface area contributed by atoms with Crippen molar-refractivity contribution in [1.29, 1.82) is 0 Å². The van der Waals surface area contributed by atoms with Crippen LogP contribution in [0, 0.1) is 0 Å². The smallest absolute Gasteiger partial charge is 0.287 e. The Morgan fingerprint density at radius 2 is 1.96 bits per heavy atom. The van der Waals surface area contributed by atoms with E-state index < -0.39 is 0 Å². The van der Waals surface area contributed by atoms with Gasteiger partial charge in [0.2, 0.25) is 0 Å². The van der Waals surface area contributed by atoms with Gasteiger partial charge in [-0.3, -0.25) is 14.6 Å². The Balaban J connectivity index is 1.15. The molecule has 28 heavy (non-hydrogen) atoms. The van der Waals surface area contributed by atoms with Crippen molar-refractivity contribution < 1.29 is 9.21 Å². The zero-order valence-electron chi connectivity index (χ0n) is 16.4. The lowest BCUT2D eigenvalue weighted by molar-refractivity contribution is 0.0907. The van der Waals surface area contributed by atoms with E-state index in [0.717, 1.165) is 39.3 Å². The van der Waals surface area contributed by atoms with Gasteiger partial charge >= 0.3 is 0 Å². The number of carbonyl (C=O) groups is 1. The van der Waals surface area contributed by atoms with Crippen molar-refractivity contribution in [2.75, 3.05) is 39.3 Å². The second-order valence-electron chi connectivity index (χ2n) is 7.86. The van der Waals surface area contributed by atoms with Crippen LogP contribution in [0.2, 0.25) is 0 Å². The Labute approximate surface area is 170 Å². The summed E-state index contributed by atoms with van der Waals surface area (Å²) in [6.07, 6.45) is 8.29. The monoisotopic (exact) mass is 402 g/mol. The molecule has 1 aliphatic carbocycles. The van der Waals surface area contributed by atoms with Gasteiger partial charge in [-0.2, -0.15) is 0 Å². The van der Waals surface area contributed by atoms with Crippen molar-refractivity contribution in [3.8, 4) is 0 Å². The van der Waals surface area contributed by atoms with Gasteiger partial charge in [0.05, 0.1) is 17.0 Å². The van der Waals surface area contributed by atoms with E-state index in [1.807, 2.05) is 11.3 Å². The van der Waals surface area contributed by atoms with Crippen LogP contribution in [0.1, 0.15) is 59.3 Å². The lowest BCUT2D eigenvalue weighted by Crippen LogP contribution is -2.48. The van der Waals surface area contributed by atoms with Crippen molar-refractivity contribution in [3.63, 3.8) is 0 Å². The van der Waals surface area contributed by atoms with E-state index in [-0.39, 0.29) is 5.91 Å². The number of nitrogens with one attached hydrogen (secondary N) is 1. The van der Waals surface area contributed by atoms with Gasteiger partial charge < -0.3 is 9.73 Å². The van der Waals surface area contributed by atoms with Gasteiger partial charge in [0, 0.05) is 57.1 Å². The van der Waals surface area contributed by atoms with Gasteiger partial charge in [0.1, 0.15) is 0 Å². The molecule has 0 bridgehead atoms. The minimum Gasteiger partial charge on any atom is -0.459 e. The summed E-state index contributed by atoms with van der Waals surface area (Å²) in [4.78, 5) is 21.7. The molecule has 2 aliphatic rings. The first-order chi connectivity index (χ1) is 13.8. The van der Waals surface area contributed by atoms with Crippen LogP contribution in [0.5, 0.6) is 0 Å². The highest BCUT2D eigenvalue weighted by Gasteiger charge is 2.21. The molecular formula is C21H30N4O2S. The number of piperazine rings is 1. The molecule has 4 rings (SSSR count). The van der Waals surface area contributed by atoms with Gasteiger partial charge in [-0.1, -0.05) is 19.3 Å². The molecule has 2 aromatic heterocycles. The zero-order chi connectivity index (χ0) is 19.2. The van der Waals surface area contributed by atoms with E-state index in [9.17, 15) is 4.79 Å². The molecule has 152 valence electrons. The molecule has 1 saturated heterocycles. The van der Waals surface area contributed by atoms with Crippen molar-refractivity contribution >= 4 is 17.2 Å². The molecule has 0 spiro atoms. The molecule has 7 heteroatoms.